The van der Waals surface area contributed by atoms with Gasteiger partial charge in [-0.3, -0.25) is 4.90 Å². The number of aryl methyl sites for hydroxylation is 1. The molecular formula is C15H25N5O2. The summed E-state index contributed by atoms with van der Waals surface area (Å²) < 4.78 is 5.54. The monoisotopic (exact) mass is 307 g/mol. The average Bonchev–Trinajstić information content (AvgIpc) is 3.12. The lowest BCUT2D eigenvalue weighted by Gasteiger charge is -2.38. The van der Waals surface area contributed by atoms with Crippen molar-refractivity contribution in [2.75, 3.05) is 32.7 Å². The molecule has 0 unspecified atom stereocenters. The van der Waals surface area contributed by atoms with Crippen molar-refractivity contribution >= 4 is 6.03 Å². The van der Waals surface area contributed by atoms with Crippen molar-refractivity contribution in [1.29, 1.82) is 0 Å². The molecule has 0 N–H and O–H groups in total. The third-order valence-electron chi connectivity index (χ3n) is 4.90. The Kier molecular flexibility index (Phi) is 4.33. The van der Waals surface area contributed by atoms with Crippen molar-refractivity contribution < 1.29 is 9.21 Å². The van der Waals surface area contributed by atoms with E-state index in [1.165, 1.54) is 0 Å². The maximum Gasteiger partial charge on any atom is 0.320 e. The van der Waals surface area contributed by atoms with E-state index < -0.39 is 0 Å². The van der Waals surface area contributed by atoms with Gasteiger partial charge >= 0.3 is 6.03 Å². The summed E-state index contributed by atoms with van der Waals surface area (Å²) in [5.74, 6) is 1.30. The number of hydrogen-bond acceptors (Lipinski definition) is 5. The van der Waals surface area contributed by atoms with Crippen LogP contribution in [0, 0.1) is 6.92 Å². The zero-order chi connectivity index (χ0) is 15.7. The van der Waals surface area contributed by atoms with Crippen LogP contribution in [0.5, 0.6) is 0 Å². The topological polar surface area (TPSA) is 65.7 Å². The van der Waals surface area contributed by atoms with Crippen LogP contribution in [0.15, 0.2) is 4.42 Å². The zero-order valence-corrected chi connectivity index (χ0v) is 13.7. The number of amides is 2. The van der Waals surface area contributed by atoms with Gasteiger partial charge < -0.3 is 14.2 Å². The molecule has 0 spiro atoms. The van der Waals surface area contributed by atoms with Gasteiger partial charge in [-0.25, -0.2) is 4.79 Å². The first-order valence-electron chi connectivity index (χ1n) is 8.19. The maximum atomic E-state index is 12.3. The predicted octanol–water partition coefficient (Wildman–Crippen LogP) is 1.66. The summed E-state index contributed by atoms with van der Waals surface area (Å²) >= 11 is 0. The molecule has 3 heterocycles. The van der Waals surface area contributed by atoms with Crippen molar-refractivity contribution in [3.8, 4) is 0 Å². The molecule has 0 radical (unpaired) electrons. The first-order valence-corrected chi connectivity index (χ1v) is 8.19. The van der Waals surface area contributed by atoms with E-state index in [-0.39, 0.29) is 12.1 Å². The van der Waals surface area contributed by atoms with E-state index in [2.05, 4.69) is 26.9 Å². The van der Waals surface area contributed by atoms with Crippen LogP contribution in [0.4, 0.5) is 4.79 Å². The standard InChI is InChI=1S/C15H25N5O2/c1-4-18-9-10-20(15(18)21)13-5-7-19(8-6-13)11(2)14-17-16-12(3)22-14/h11,13H,4-10H2,1-3H3/t11-/m0/s1. The van der Waals surface area contributed by atoms with Crippen molar-refractivity contribution in [1.82, 2.24) is 24.9 Å². The fraction of sp³-hybridized carbons (Fsp3) is 0.800. The second-order valence-corrected chi connectivity index (χ2v) is 6.16. The number of aromatic nitrogens is 2. The molecule has 1 atom stereocenters. The van der Waals surface area contributed by atoms with E-state index in [1.54, 1.807) is 0 Å². The molecular weight excluding hydrogens is 282 g/mol. The van der Waals surface area contributed by atoms with Crippen LogP contribution in [0.2, 0.25) is 0 Å². The highest BCUT2D eigenvalue weighted by atomic mass is 16.4. The molecule has 2 aliphatic rings. The lowest BCUT2D eigenvalue weighted by molar-refractivity contribution is 0.0983. The number of piperidine rings is 1. The molecule has 7 nitrogen and oxygen atoms in total. The molecule has 1 aromatic rings. The molecule has 2 aliphatic heterocycles. The second-order valence-electron chi connectivity index (χ2n) is 6.16. The number of nitrogens with zero attached hydrogens (tertiary/aromatic N) is 5. The lowest BCUT2D eigenvalue weighted by Crippen LogP contribution is -2.47. The van der Waals surface area contributed by atoms with E-state index in [0.717, 1.165) is 45.6 Å². The summed E-state index contributed by atoms with van der Waals surface area (Å²) in [4.78, 5) is 18.6. The molecule has 7 heteroatoms. The molecule has 0 bridgehead atoms. The minimum absolute atomic E-state index is 0.142. The van der Waals surface area contributed by atoms with Gasteiger partial charge in [-0.15, -0.1) is 10.2 Å². The predicted molar refractivity (Wildman–Crippen MR) is 81.4 cm³/mol. The fourth-order valence-electron chi connectivity index (χ4n) is 3.46. The van der Waals surface area contributed by atoms with Crippen LogP contribution in [0.3, 0.4) is 0 Å². The smallest absolute Gasteiger partial charge is 0.320 e. The highest BCUT2D eigenvalue weighted by molar-refractivity contribution is 5.76. The third-order valence-corrected chi connectivity index (χ3v) is 4.90. The summed E-state index contributed by atoms with van der Waals surface area (Å²) in [6.45, 7) is 10.4. The summed E-state index contributed by atoms with van der Waals surface area (Å²) in [6.07, 6.45) is 2.03. The first kappa shape index (κ1) is 15.3. The molecule has 122 valence electrons. The molecule has 2 fully saturated rings. The minimum Gasteiger partial charge on any atom is -0.424 e. The average molecular weight is 307 g/mol. The Labute approximate surface area is 131 Å². The van der Waals surface area contributed by atoms with Gasteiger partial charge in [0.05, 0.1) is 6.04 Å². The summed E-state index contributed by atoms with van der Waals surface area (Å²) in [6, 6.07) is 0.724. The number of carbonyl (C=O) groups excluding carboxylic acids is 1. The highest BCUT2D eigenvalue weighted by Crippen LogP contribution is 2.26. The number of urea groups is 1. The zero-order valence-electron chi connectivity index (χ0n) is 13.7. The Balaban J connectivity index is 1.55. The van der Waals surface area contributed by atoms with Crippen LogP contribution in [-0.2, 0) is 0 Å². The van der Waals surface area contributed by atoms with Crippen LogP contribution in [0.1, 0.15) is 44.5 Å². The van der Waals surface area contributed by atoms with Gasteiger partial charge in [-0.1, -0.05) is 0 Å². The van der Waals surface area contributed by atoms with Crippen molar-refractivity contribution in [3.05, 3.63) is 11.8 Å². The summed E-state index contributed by atoms with van der Waals surface area (Å²) in [5, 5.41) is 8.03. The third kappa shape index (κ3) is 2.82. The van der Waals surface area contributed by atoms with Gasteiger partial charge in [0, 0.05) is 45.7 Å². The van der Waals surface area contributed by atoms with Crippen molar-refractivity contribution in [3.63, 3.8) is 0 Å². The van der Waals surface area contributed by atoms with Gasteiger partial charge in [-0.2, -0.15) is 0 Å². The Morgan fingerprint density at radius 1 is 1.23 bits per heavy atom. The van der Waals surface area contributed by atoms with Gasteiger partial charge in [0.15, 0.2) is 0 Å². The molecule has 22 heavy (non-hydrogen) atoms. The van der Waals surface area contributed by atoms with Gasteiger partial charge in [0.1, 0.15) is 0 Å². The Morgan fingerprint density at radius 2 is 1.95 bits per heavy atom. The molecule has 0 aromatic carbocycles. The molecule has 0 saturated carbocycles. The molecule has 2 amide bonds. The van der Waals surface area contributed by atoms with Crippen LogP contribution in [0.25, 0.3) is 0 Å². The van der Waals surface area contributed by atoms with E-state index in [0.29, 0.717) is 17.8 Å². The number of hydrogen-bond donors (Lipinski definition) is 0. The number of likely N-dealkylation sites (tertiary alicyclic amines) is 1. The summed E-state index contributed by atoms with van der Waals surface area (Å²) in [7, 11) is 0. The minimum atomic E-state index is 0.142. The molecule has 1 aromatic heterocycles. The first-order chi connectivity index (χ1) is 10.6. The van der Waals surface area contributed by atoms with E-state index in [9.17, 15) is 4.79 Å². The molecule has 2 saturated heterocycles. The lowest BCUT2D eigenvalue weighted by atomic mass is 10.0. The fourth-order valence-corrected chi connectivity index (χ4v) is 3.46. The SMILES string of the molecule is CCN1CCN(C2CCN([C@@H](C)c3nnc(C)o3)CC2)C1=O. The van der Waals surface area contributed by atoms with Crippen LogP contribution < -0.4 is 0 Å². The quantitative estimate of drug-likeness (QED) is 0.846. The summed E-state index contributed by atoms with van der Waals surface area (Å²) in [5.41, 5.74) is 0. The Bertz CT molecular complexity index is 524. The number of carbonyl (C=O) groups is 1. The number of likely N-dealkylation sites (N-methyl/N-ethyl adjacent to an activating group) is 1. The molecule has 0 aliphatic carbocycles. The Morgan fingerprint density at radius 3 is 2.50 bits per heavy atom. The second kappa shape index (κ2) is 6.24. The van der Waals surface area contributed by atoms with Gasteiger partial charge in [0.25, 0.3) is 0 Å². The maximum absolute atomic E-state index is 12.3. The van der Waals surface area contributed by atoms with Gasteiger partial charge in [0.2, 0.25) is 11.8 Å². The van der Waals surface area contributed by atoms with E-state index >= 15 is 0 Å². The highest BCUT2D eigenvalue weighted by Gasteiger charge is 2.35. The van der Waals surface area contributed by atoms with E-state index in [1.807, 2.05) is 18.7 Å². The van der Waals surface area contributed by atoms with Crippen molar-refractivity contribution in [2.45, 2.75) is 45.7 Å². The Hall–Kier alpha value is -1.63. The van der Waals surface area contributed by atoms with E-state index in [4.69, 9.17) is 4.42 Å². The van der Waals surface area contributed by atoms with Crippen molar-refractivity contribution in [2.24, 2.45) is 0 Å². The van der Waals surface area contributed by atoms with Gasteiger partial charge in [-0.05, 0) is 26.7 Å². The van der Waals surface area contributed by atoms with Crippen LogP contribution in [-0.4, -0.2) is 69.7 Å². The number of rotatable bonds is 4. The normalized spacial score (nSPS) is 22.6. The molecule has 3 rings (SSSR count). The largest absolute Gasteiger partial charge is 0.424 e. The van der Waals surface area contributed by atoms with Crippen LogP contribution >= 0.6 is 0 Å².